The van der Waals surface area contributed by atoms with Gasteiger partial charge in [0.15, 0.2) is 0 Å². The Morgan fingerprint density at radius 2 is 1.35 bits per heavy atom. The molecule has 1 rings (SSSR count). The molecule has 0 radical (unpaired) electrons. The van der Waals surface area contributed by atoms with E-state index >= 15 is 0 Å². The van der Waals surface area contributed by atoms with Gasteiger partial charge in [-0.3, -0.25) is 4.48 Å². The van der Waals surface area contributed by atoms with E-state index in [0.29, 0.717) is 17.4 Å². The van der Waals surface area contributed by atoms with Gasteiger partial charge in [0.25, 0.3) is 0 Å². The van der Waals surface area contributed by atoms with E-state index in [4.69, 9.17) is 0 Å². The van der Waals surface area contributed by atoms with Crippen molar-refractivity contribution >= 4 is 5.91 Å². The van der Waals surface area contributed by atoms with Crippen molar-refractivity contribution in [1.29, 1.82) is 0 Å². The molecule has 0 aromatic rings. The zero-order valence-electron chi connectivity index (χ0n) is 16.6. The molecule has 1 amide bonds. The number of nitrogens with zero attached hydrogens (tertiary/aromatic N) is 1. The number of carbonyl (C=O) groups excluding carboxylic acids is 1. The number of likely N-dealkylation sites (N-methyl/N-ethyl adjacent to an activating group) is 1. The monoisotopic (exact) mass is 360 g/mol. The highest BCUT2D eigenvalue weighted by Crippen LogP contribution is 2.13. The van der Waals surface area contributed by atoms with Gasteiger partial charge in [-0.25, -0.2) is 4.79 Å². The van der Waals surface area contributed by atoms with Crippen molar-refractivity contribution < 1.29 is 14.4 Å². The molecule has 0 saturated carbocycles. The van der Waals surface area contributed by atoms with E-state index in [1.54, 1.807) is 0 Å². The van der Waals surface area contributed by atoms with Crippen LogP contribution in [0.5, 0.6) is 0 Å². The van der Waals surface area contributed by atoms with Gasteiger partial charge in [-0.15, -0.1) is 0 Å². The summed E-state index contributed by atoms with van der Waals surface area (Å²) in [6.45, 7) is 1.45. The minimum atomic E-state index is 0.0741. The maximum absolute atomic E-state index is 12.6. The average Bonchev–Trinajstić information content (AvgIpc) is 2.63. The summed E-state index contributed by atoms with van der Waals surface area (Å²) in [4.78, 5) is 12.6. The molecule has 1 unspecified atom stereocenters. The highest BCUT2D eigenvalue weighted by molar-refractivity contribution is 5.68. The maximum atomic E-state index is 12.6. The van der Waals surface area contributed by atoms with Gasteiger partial charge < -0.3 is 5.11 Å². The Morgan fingerprint density at radius 1 is 0.808 bits per heavy atom. The summed E-state index contributed by atoms with van der Waals surface area (Å²) >= 11 is 0. The van der Waals surface area contributed by atoms with Crippen molar-refractivity contribution in [2.24, 2.45) is 0 Å². The Morgan fingerprint density at radius 3 is 1.92 bits per heavy atom. The smallest absolute Gasteiger partial charge is 0.313 e. The predicted octanol–water partition coefficient (Wildman–Crippen LogP) is 5.09. The summed E-state index contributed by atoms with van der Waals surface area (Å²) in [5.41, 5.74) is 0. The second kappa shape index (κ2) is 14.7. The Labute approximate surface area is 160 Å². The molecule has 1 N–H and O–H groups in total. The quantitative estimate of drug-likeness (QED) is 0.550. The molecule has 1 aliphatic heterocycles. The molecule has 0 bridgehead atoms. The van der Waals surface area contributed by atoms with E-state index in [2.05, 4.69) is 48.6 Å². The van der Waals surface area contributed by atoms with Crippen LogP contribution in [-0.2, 0) is 4.79 Å². The topological polar surface area (TPSA) is 37.3 Å². The Hall–Kier alpha value is -1.45. The number of quaternary nitrogens is 1. The van der Waals surface area contributed by atoms with Crippen LogP contribution in [0.15, 0.2) is 48.6 Å². The lowest BCUT2D eigenvalue weighted by Gasteiger charge is -2.31. The number of hydrogen-bond donors (Lipinski definition) is 1. The number of carbonyl (C=O) groups is 1. The highest BCUT2D eigenvalue weighted by Gasteiger charge is 2.29. The molecule has 1 heterocycles. The Kier molecular flexibility index (Phi) is 12.8. The van der Waals surface area contributed by atoms with Crippen LogP contribution in [0.4, 0.5) is 0 Å². The fourth-order valence-corrected chi connectivity index (χ4v) is 3.17. The Balaban J connectivity index is 2.58. The summed E-state index contributed by atoms with van der Waals surface area (Å²) in [6.07, 6.45) is 27.6. The number of aliphatic hydroxyl groups excluding tert-OH is 1. The van der Waals surface area contributed by atoms with Crippen LogP contribution in [0.3, 0.4) is 0 Å². The van der Waals surface area contributed by atoms with Gasteiger partial charge >= 0.3 is 5.91 Å². The number of amides is 1. The molecule has 0 fully saturated rings. The molecule has 26 heavy (non-hydrogen) atoms. The van der Waals surface area contributed by atoms with E-state index < -0.39 is 0 Å². The first kappa shape index (κ1) is 22.6. The first-order chi connectivity index (χ1) is 12.7. The third-order valence-electron chi connectivity index (χ3n) is 4.96. The van der Waals surface area contributed by atoms with Gasteiger partial charge in [-0.2, -0.15) is 0 Å². The molecule has 3 nitrogen and oxygen atoms in total. The van der Waals surface area contributed by atoms with Crippen LogP contribution < -0.4 is 0 Å². The SMILES string of the molecule is C[N+]1(CCO)CCCCC/C=C\C/C=C\C/C=C\C/C=C\CCCC1=O. The van der Waals surface area contributed by atoms with Gasteiger partial charge in [0.05, 0.1) is 26.6 Å². The number of allylic oxidation sites excluding steroid dienone is 8. The summed E-state index contributed by atoms with van der Waals surface area (Å²) < 4.78 is 0.379. The minimum Gasteiger partial charge on any atom is -0.390 e. The van der Waals surface area contributed by atoms with Crippen molar-refractivity contribution in [3.63, 3.8) is 0 Å². The van der Waals surface area contributed by atoms with Crippen LogP contribution in [0.25, 0.3) is 0 Å². The fraction of sp³-hybridized carbons (Fsp3) is 0.609. The van der Waals surface area contributed by atoms with Gasteiger partial charge in [-0.1, -0.05) is 48.6 Å². The van der Waals surface area contributed by atoms with Crippen LogP contribution in [0.1, 0.15) is 64.2 Å². The third kappa shape index (κ3) is 10.5. The predicted molar refractivity (Wildman–Crippen MR) is 111 cm³/mol. The zero-order valence-corrected chi connectivity index (χ0v) is 16.6. The molecule has 146 valence electrons. The van der Waals surface area contributed by atoms with E-state index in [1.165, 1.54) is 6.42 Å². The summed E-state index contributed by atoms with van der Waals surface area (Å²) in [5.74, 6) is 0.268. The largest absolute Gasteiger partial charge is 0.390 e. The lowest BCUT2D eigenvalue weighted by molar-refractivity contribution is -0.835. The van der Waals surface area contributed by atoms with Crippen molar-refractivity contribution in [1.82, 2.24) is 0 Å². The van der Waals surface area contributed by atoms with E-state index in [9.17, 15) is 9.90 Å². The van der Waals surface area contributed by atoms with Crippen LogP contribution in [0.2, 0.25) is 0 Å². The van der Waals surface area contributed by atoms with Gasteiger partial charge in [0.1, 0.15) is 6.54 Å². The summed E-state index contributed by atoms with van der Waals surface area (Å²) in [7, 11) is 1.99. The maximum Gasteiger partial charge on any atom is 0.313 e. The number of aliphatic hydroxyl groups is 1. The van der Waals surface area contributed by atoms with Gasteiger partial charge in [0, 0.05) is 0 Å². The lowest BCUT2D eigenvalue weighted by Crippen LogP contribution is -2.51. The van der Waals surface area contributed by atoms with Crippen LogP contribution in [0, 0.1) is 0 Å². The molecule has 0 spiro atoms. The zero-order chi connectivity index (χ0) is 18.9. The molecule has 0 aromatic carbocycles. The van der Waals surface area contributed by atoms with Crippen LogP contribution >= 0.6 is 0 Å². The van der Waals surface area contributed by atoms with Crippen molar-refractivity contribution in [2.45, 2.75) is 64.2 Å². The molecule has 0 saturated heterocycles. The standard InChI is InChI=1S/C23H38NO2/c1-24(21-22-25)20-18-16-14-12-10-8-6-4-2-3-5-7-9-11-13-15-17-19-23(24)26/h2,4-5,7-8,10-11,13,25H,3,6,9,12,14-22H2,1H3/q+1/b4-2-,7-5-,10-8-,13-11-. The normalized spacial score (nSPS) is 30.0. The third-order valence-corrected chi connectivity index (χ3v) is 4.96. The molecular weight excluding hydrogens is 322 g/mol. The first-order valence-corrected chi connectivity index (χ1v) is 10.3. The molecule has 1 aliphatic rings. The minimum absolute atomic E-state index is 0.0741. The first-order valence-electron chi connectivity index (χ1n) is 10.3. The second-order valence-electron chi connectivity index (χ2n) is 7.29. The van der Waals surface area contributed by atoms with Crippen LogP contribution in [-0.4, -0.2) is 42.2 Å². The second-order valence-corrected chi connectivity index (χ2v) is 7.29. The Bertz CT molecular complexity index is 490. The lowest BCUT2D eigenvalue weighted by atomic mass is 10.1. The van der Waals surface area contributed by atoms with Crippen molar-refractivity contribution in [3.8, 4) is 0 Å². The molecule has 3 heteroatoms. The van der Waals surface area contributed by atoms with Crippen molar-refractivity contribution in [3.05, 3.63) is 48.6 Å². The fourth-order valence-electron chi connectivity index (χ4n) is 3.17. The van der Waals surface area contributed by atoms with E-state index in [0.717, 1.165) is 57.9 Å². The number of hydrogen-bond acceptors (Lipinski definition) is 2. The number of rotatable bonds is 2. The van der Waals surface area contributed by atoms with E-state index in [-0.39, 0.29) is 12.5 Å². The molecular formula is C23H38NO2+. The average molecular weight is 361 g/mol. The van der Waals surface area contributed by atoms with Gasteiger partial charge in [-0.05, 0) is 57.8 Å². The summed E-state index contributed by atoms with van der Waals surface area (Å²) in [5, 5.41) is 9.37. The van der Waals surface area contributed by atoms with E-state index in [1.807, 2.05) is 7.05 Å². The molecule has 0 aliphatic carbocycles. The molecule has 0 aromatic heterocycles. The highest BCUT2D eigenvalue weighted by atomic mass is 16.3. The molecule has 1 atom stereocenters. The summed E-state index contributed by atoms with van der Waals surface area (Å²) in [6, 6.07) is 0. The van der Waals surface area contributed by atoms with Gasteiger partial charge in [0.2, 0.25) is 0 Å². The van der Waals surface area contributed by atoms with Crippen molar-refractivity contribution in [2.75, 3.05) is 26.7 Å².